The summed E-state index contributed by atoms with van der Waals surface area (Å²) in [6.45, 7) is 6.55. The average molecular weight is 229 g/mol. The minimum absolute atomic E-state index is 0.0701. The van der Waals surface area contributed by atoms with Gasteiger partial charge in [0.05, 0.1) is 6.21 Å². The third-order valence-electron chi connectivity index (χ3n) is 4.10. The van der Waals surface area contributed by atoms with Crippen LogP contribution in [-0.4, -0.2) is 11.4 Å². The van der Waals surface area contributed by atoms with E-state index in [1.165, 1.54) is 16.7 Å². The van der Waals surface area contributed by atoms with E-state index in [-0.39, 0.29) is 11.3 Å². The molecule has 0 fully saturated rings. The van der Waals surface area contributed by atoms with Gasteiger partial charge >= 0.3 is 0 Å². The molecule has 1 N–H and O–H groups in total. The molecule has 0 amide bonds. The van der Waals surface area contributed by atoms with Gasteiger partial charge in [0.1, 0.15) is 0 Å². The molecule has 0 bridgehead atoms. The van der Waals surface area contributed by atoms with Gasteiger partial charge in [-0.15, -0.1) is 5.16 Å². The summed E-state index contributed by atoms with van der Waals surface area (Å²) in [5.41, 5.74) is 4.10. The second kappa shape index (κ2) is 4.36. The lowest BCUT2D eigenvalue weighted by atomic mass is 9.68. The van der Waals surface area contributed by atoms with Crippen LogP contribution in [0.5, 0.6) is 0 Å². The Labute approximate surface area is 103 Å². The molecular weight excluding hydrogens is 210 g/mol. The van der Waals surface area contributed by atoms with Crippen LogP contribution >= 0.6 is 0 Å². The molecule has 2 aliphatic rings. The lowest BCUT2D eigenvalue weighted by molar-refractivity contribution is 0.314. The highest BCUT2D eigenvalue weighted by molar-refractivity contribution is 5.67. The standard InChI is InChI=1S/C15H19NO/c1-11-7-8-14(12(11)2)15(3)9-5-4-6-13(15)10-16-17/h4-7,9-10,13,17H,8H2,1-3H3/b16-10+. The molecule has 0 aromatic heterocycles. The highest BCUT2D eigenvalue weighted by atomic mass is 16.4. The van der Waals surface area contributed by atoms with Crippen LogP contribution in [-0.2, 0) is 0 Å². The number of nitrogens with zero attached hydrogens (tertiary/aromatic N) is 1. The predicted octanol–water partition coefficient (Wildman–Crippen LogP) is 3.86. The first kappa shape index (κ1) is 11.9. The number of hydrogen-bond acceptors (Lipinski definition) is 2. The first-order chi connectivity index (χ1) is 8.09. The van der Waals surface area contributed by atoms with Crippen molar-refractivity contribution in [2.24, 2.45) is 16.5 Å². The largest absolute Gasteiger partial charge is 0.411 e. The number of hydrogen-bond donors (Lipinski definition) is 1. The summed E-state index contributed by atoms with van der Waals surface area (Å²) in [5, 5.41) is 12.0. The third kappa shape index (κ3) is 1.88. The van der Waals surface area contributed by atoms with Crippen molar-refractivity contribution in [2.45, 2.75) is 27.2 Å². The number of allylic oxidation sites excluding steroid dienone is 8. The van der Waals surface area contributed by atoms with E-state index in [2.05, 4.69) is 50.2 Å². The molecule has 0 radical (unpaired) electrons. The van der Waals surface area contributed by atoms with E-state index < -0.39 is 0 Å². The molecule has 2 nitrogen and oxygen atoms in total. The van der Waals surface area contributed by atoms with Gasteiger partial charge in [-0.1, -0.05) is 48.5 Å². The van der Waals surface area contributed by atoms with Gasteiger partial charge in [0.2, 0.25) is 0 Å². The number of rotatable bonds is 2. The maximum atomic E-state index is 8.79. The van der Waals surface area contributed by atoms with Gasteiger partial charge in [0, 0.05) is 11.3 Å². The first-order valence-electron chi connectivity index (χ1n) is 6.00. The van der Waals surface area contributed by atoms with Crippen molar-refractivity contribution in [3.63, 3.8) is 0 Å². The Bertz CT molecular complexity index is 465. The van der Waals surface area contributed by atoms with Crippen LogP contribution in [0.4, 0.5) is 0 Å². The second-order valence-electron chi connectivity index (χ2n) is 5.01. The summed E-state index contributed by atoms with van der Waals surface area (Å²) in [6.07, 6.45) is 13.3. The lowest BCUT2D eigenvalue weighted by Gasteiger charge is -2.35. The van der Waals surface area contributed by atoms with Crippen molar-refractivity contribution in [3.8, 4) is 0 Å². The number of oxime groups is 1. The molecule has 0 spiro atoms. The minimum atomic E-state index is -0.0701. The van der Waals surface area contributed by atoms with E-state index in [0.717, 1.165) is 6.42 Å². The smallest absolute Gasteiger partial charge is 0.0516 e. The van der Waals surface area contributed by atoms with Crippen LogP contribution in [0.3, 0.4) is 0 Å². The molecule has 2 unspecified atom stereocenters. The van der Waals surface area contributed by atoms with E-state index in [0.29, 0.717) is 0 Å². The molecule has 90 valence electrons. The maximum absolute atomic E-state index is 8.79. The maximum Gasteiger partial charge on any atom is 0.0516 e. The second-order valence-corrected chi connectivity index (χ2v) is 5.01. The Hall–Kier alpha value is -1.57. The van der Waals surface area contributed by atoms with Gasteiger partial charge in [-0.05, 0) is 25.8 Å². The van der Waals surface area contributed by atoms with Crippen LogP contribution in [0.2, 0.25) is 0 Å². The summed E-state index contributed by atoms with van der Waals surface area (Å²) in [5.74, 6) is 0.127. The molecule has 0 saturated heterocycles. The van der Waals surface area contributed by atoms with Crippen LogP contribution in [0.25, 0.3) is 0 Å². The Kier molecular flexibility index (Phi) is 3.05. The molecule has 2 heteroatoms. The topological polar surface area (TPSA) is 32.6 Å². The molecule has 2 aliphatic carbocycles. The predicted molar refractivity (Wildman–Crippen MR) is 71.2 cm³/mol. The minimum Gasteiger partial charge on any atom is -0.411 e. The van der Waals surface area contributed by atoms with Crippen molar-refractivity contribution >= 4 is 6.21 Å². The summed E-state index contributed by atoms with van der Waals surface area (Å²) >= 11 is 0. The van der Waals surface area contributed by atoms with E-state index >= 15 is 0 Å². The fraction of sp³-hybridized carbons (Fsp3) is 0.400. The summed E-state index contributed by atoms with van der Waals surface area (Å²) < 4.78 is 0. The fourth-order valence-electron chi connectivity index (χ4n) is 2.75. The third-order valence-corrected chi connectivity index (χ3v) is 4.10. The molecule has 0 saturated carbocycles. The van der Waals surface area contributed by atoms with Crippen molar-refractivity contribution in [1.82, 2.24) is 0 Å². The summed E-state index contributed by atoms with van der Waals surface area (Å²) in [6, 6.07) is 0. The lowest BCUT2D eigenvalue weighted by Crippen LogP contribution is -2.29. The SMILES string of the molecule is CC1=CCC(C2(C)C=CC=CC2/C=N/O)=C1C. The monoisotopic (exact) mass is 229 g/mol. The zero-order valence-corrected chi connectivity index (χ0v) is 10.6. The Morgan fingerprint density at radius 1 is 1.41 bits per heavy atom. The normalized spacial score (nSPS) is 32.6. The Morgan fingerprint density at radius 2 is 2.18 bits per heavy atom. The van der Waals surface area contributed by atoms with Crippen LogP contribution in [0.15, 0.2) is 52.3 Å². The fourth-order valence-corrected chi connectivity index (χ4v) is 2.75. The van der Waals surface area contributed by atoms with Crippen LogP contribution in [0.1, 0.15) is 27.2 Å². The van der Waals surface area contributed by atoms with Gasteiger partial charge in [0.25, 0.3) is 0 Å². The van der Waals surface area contributed by atoms with Crippen LogP contribution < -0.4 is 0 Å². The summed E-state index contributed by atoms with van der Waals surface area (Å²) in [4.78, 5) is 0. The molecule has 0 aromatic carbocycles. The molecule has 2 atom stereocenters. The quantitative estimate of drug-likeness (QED) is 0.435. The van der Waals surface area contributed by atoms with E-state index in [1.807, 2.05) is 6.08 Å². The highest BCUT2D eigenvalue weighted by Gasteiger charge is 2.36. The Morgan fingerprint density at radius 3 is 2.76 bits per heavy atom. The first-order valence-corrected chi connectivity index (χ1v) is 6.00. The van der Waals surface area contributed by atoms with Crippen molar-refractivity contribution in [3.05, 3.63) is 47.1 Å². The molecule has 0 heterocycles. The molecule has 0 aliphatic heterocycles. The van der Waals surface area contributed by atoms with Crippen LogP contribution in [0, 0.1) is 11.3 Å². The zero-order chi connectivity index (χ0) is 12.5. The van der Waals surface area contributed by atoms with Gasteiger partial charge in [-0.2, -0.15) is 0 Å². The van der Waals surface area contributed by atoms with E-state index in [1.54, 1.807) is 6.21 Å². The summed E-state index contributed by atoms with van der Waals surface area (Å²) in [7, 11) is 0. The van der Waals surface area contributed by atoms with E-state index in [4.69, 9.17) is 5.21 Å². The zero-order valence-electron chi connectivity index (χ0n) is 10.6. The van der Waals surface area contributed by atoms with Gasteiger partial charge < -0.3 is 5.21 Å². The van der Waals surface area contributed by atoms with Gasteiger partial charge in [-0.25, -0.2) is 0 Å². The highest BCUT2D eigenvalue weighted by Crippen LogP contribution is 2.46. The van der Waals surface area contributed by atoms with Crippen molar-refractivity contribution < 1.29 is 5.21 Å². The van der Waals surface area contributed by atoms with Crippen molar-refractivity contribution in [1.29, 1.82) is 0 Å². The van der Waals surface area contributed by atoms with Crippen molar-refractivity contribution in [2.75, 3.05) is 0 Å². The molecule has 17 heavy (non-hydrogen) atoms. The van der Waals surface area contributed by atoms with Gasteiger partial charge in [-0.3, -0.25) is 0 Å². The Balaban J connectivity index is 2.42. The van der Waals surface area contributed by atoms with E-state index in [9.17, 15) is 0 Å². The average Bonchev–Trinajstić information content (AvgIpc) is 2.64. The molecular formula is C15H19NO. The molecule has 2 rings (SSSR count). The van der Waals surface area contributed by atoms with Gasteiger partial charge in [0.15, 0.2) is 0 Å². The molecule has 0 aromatic rings.